The summed E-state index contributed by atoms with van der Waals surface area (Å²) in [6.07, 6.45) is 4.94. The van der Waals surface area contributed by atoms with Crippen molar-refractivity contribution in [3.05, 3.63) is 42.6 Å². The predicted octanol–water partition coefficient (Wildman–Crippen LogP) is 2.87. The smallest absolute Gasteiger partial charge is 0.242 e. The van der Waals surface area contributed by atoms with Gasteiger partial charge in [-0.05, 0) is 30.5 Å². The number of carbonyl (C=O) groups is 1. The molecule has 1 saturated heterocycles. The van der Waals surface area contributed by atoms with Crippen molar-refractivity contribution in [2.24, 2.45) is 0 Å². The Labute approximate surface area is 150 Å². The molecule has 0 bridgehead atoms. The lowest BCUT2D eigenvalue weighted by atomic mass is 10.1. The lowest BCUT2D eigenvalue weighted by Gasteiger charge is -2.15. The molecule has 0 radical (unpaired) electrons. The molecule has 0 saturated carbocycles. The summed E-state index contributed by atoms with van der Waals surface area (Å²) in [5, 5.41) is 0. The first-order valence-electron chi connectivity index (χ1n) is 8.58. The molecule has 0 atom stereocenters. The summed E-state index contributed by atoms with van der Waals surface area (Å²) >= 11 is 0. The molecular formula is C19H19FN4O2. The molecule has 3 aromatic rings. The van der Waals surface area contributed by atoms with Crippen LogP contribution in [0.2, 0.25) is 0 Å². The largest absolute Gasteiger partial charge is 0.481 e. The lowest BCUT2D eigenvalue weighted by molar-refractivity contribution is -0.130. The number of ether oxygens (including phenoxy) is 1. The molecule has 2 aromatic heterocycles. The van der Waals surface area contributed by atoms with E-state index in [2.05, 4.69) is 9.97 Å². The van der Waals surface area contributed by atoms with E-state index in [1.165, 1.54) is 7.11 Å². The third-order valence-electron chi connectivity index (χ3n) is 4.74. The minimum Gasteiger partial charge on any atom is -0.481 e. The molecule has 26 heavy (non-hydrogen) atoms. The quantitative estimate of drug-likeness (QED) is 0.723. The minimum atomic E-state index is -0.422. The molecule has 6 nitrogen and oxygen atoms in total. The van der Waals surface area contributed by atoms with Crippen molar-refractivity contribution in [2.75, 3.05) is 20.2 Å². The number of aromatic nitrogens is 3. The van der Waals surface area contributed by atoms with E-state index in [1.54, 1.807) is 12.4 Å². The number of hydrogen-bond acceptors (Lipinski definition) is 4. The molecular weight excluding hydrogens is 335 g/mol. The maximum atomic E-state index is 14.1. The van der Waals surface area contributed by atoms with E-state index in [-0.39, 0.29) is 12.5 Å². The number of hydrogen-bond donors (Lipinski definition) is 0. The maximum Gasteiger partial charge on any atom is 0.242 e. The van der Waals surface area contributed by atoms with Gasteiger partial charge in [0.25, 0.3) is 0 Å². The van der Waals surface area contributed by atoms with E-state index in [9.17, 15) is 9.18 Å². The van der Waals surface area contributed by atoms with Gasteiger partial charge in [0, 0.05) is 24.7 Å². The van der Waals surface area contributed by atoms with Gasteiger partial charge < -0.3 is 14.2 Å². The Kier molecular flexibility index (Phi) is 4.28. The summed E-state index contributed by atoms with van der Waals surface area (Å²) in [7, 11) is 1.49. The van der Waals surface area contributed by atoms with Crippen molar-refractivity contribution < 1.29 is 13.9 Å². The Hall–Kier alpha value is -2.96. The first-order chi connectivity index (χ1) is 12.7. The number of imidazole rings is 1. The highest BCUT2D eigenvalue weighted by molar-refractivity contribution is 5.84. The Morgan fingerprint density at radius 3 is 2.81 bits per heavy atom. The molecule has 1 amide bonds. The number of benzene rings is 1. The topological polar surface area (TPSA) is 60.3 Å². The average molecular weight is 354 g/mol. The number of carbonyl (C=O) groups excluding carboxylic acids is 1. The number of rotatable bonds is 4. The normalized spacial score (nSPS) is 14.2. The zero-order valence-corrected chi connectivity index (χ0v) is 14.5. The third kappa shape index (κ3) is 3.00. The molecule has 1 fully saturated rings. The van der Waals surface area contributed by atoms with Crippen LogP contribution in [0.25, 0.3) is 22.2 Å². The van der Waals surface area contributed by atoms with E-state index in [0.29, 0.717) is 22.5 Å². The average Bonchev–Trinajstić information content (AvgIpc) is 3.32. The highest BCUT2D eigenvalue weighted by Gasteiger charge is 2.19. The molecule has 1 aliphatic heterocycles. The van der Waals surface area contributed by atoms with Gasteiger partial charge in [0.15, 0.2) is 0 Å². The Bertz CT molecular complexity index is 963. The predicted molar refractivity (Wildman–Crippen MR) is 95.3 cm³/mol. The SMILES string of the molecule is COc1cc(-c2ccc3c(c2)ncn3CC(=O)N2CCCC2)c(F)cn1. The van der Waals surface area contributed by atoms with Crippen LogP contribution in [0.15, 0.2) is 36.8 Å². The Balaban J connectivity index is 1.64. The van der Waals surface area contributed by atoms with Crippen molar-refractivity contribution in [1.29, 1.82) is 0 Å². The molecule has 134 valence electrons. The Morgan fingerprint density at radius 2 is 2.04 bits per heavy atom. The third-order valence-corrected chi connectivity index (χ3v) is 4.74. The van der Waals surface area contributed by atoms with E-state index in [0.717, 1.165) is 37.6 Å². The summed E-state index contributed by atoms with van der Waals surface area (Å²) in [5.74, 6) is 0.0350. The number of fused-ring (bicyclic) bond motifs is 1. The zero-order chi connectivity index (χ0) is 18.1. The number of pyridine rings is 1. The maximum absolute atomic E-state index is 14.1. The van der Waals surface area contributed by atoms with Crippen LogP contribution >= 0.6 is 0 Å². The molecule has 7 heteroatoms. The van der Waals surface area contributed by atoms with Crippen LogP contribution in [-0.2, 0) is 11.3 Å². The van der Waals surface area contributed by atoms with Crippen LogP contribution in [0.4, 0.5) is 4.39 Å². The first-order valence-corrected chi connectivity index (χ1v) is 8.58. The molecule has 0 N–H and O–H groups in total. The highest BCUT2D eigenvalue weighted by Crippen LogP contribution is 2.28. The minimum absolute atomic E-state index is 0.107. The number of likely N-dealkylation sites (tertiary alicyclic amines) is 1. The van der Waals surface area contributed by atoms with Gasteiger partial charge in [-0.25, -0.2) is 14.4 Å². The van der Waals surface area contributed by atoms with Crippen molar-refractivity contribution in [3.8, 4) is 17.0 Å². The van der Waals surface area contributed by atoms with Crippen molar-refractivity contribution in [3.63, 3.8) is 0 Å². The molecule has 4 rings (SSSR count). The van der Waals surface area contributed by atoms with Gasteiger partial charge in [-0.2, -0.15) is 0 Å². The standard InChI is InChI=1S/C19H19FN4O2/c1-26-18-9-14(15(20)10-21-18)13-4-5-17-16(8-13)22-12-24(17)11-19(25)23-6-2-3-7-23/h4-5,8-10,12H,2-3,6-7,11H2,1H3. The zero-order valence-electron chi connectivity index (χ0n) is 14.5. The van der Waals surface area contributed by atoms with Crippen molar-refractivity contribution >= 4 is 16.9 Å². The van der Waals surface area contributed by atoms with Gasteiger partial charge in [0.1, 0.15) is 12.4 Å². The molecule has 1 aliphatic rings. The van der Waals surface area contributed by atoms with Crippen molar-refractivity contribution in [1.82, 2.24) is 19.4 Å². The Morgan fingerprint density at radius 1 is 1.23 bits per heavy atom. The van der Waals surface area contributed by atoms with E-state index < -0.39 is 5.82 Å². The van der Waals surface area contributed by atoms with Gasteiger partial charge >= 0.3 is 0 Å². The molecule has 3 heterocycles. The number of amides is 1. The fraction of sp³-hybridized carbons (Fsp3) is 0.316. The van der Waals surface area contributed by atoms with E-state index in [1.807, 2.05) is 27.7 Å². The van der Waals surface area contributed by atoms with Crippen LogP contribution in [-0.4, -0.2) is 45.5 Å². The summed E-state index contributed by atoms with van der Waals surface area (Å²) in [4.78, 5) is 22.5. The van der Waals surface area contributed by atoms with Crippen LogP contribution < -0.4 is 4.74 Å². The van der Waals surface area contributed by atoms with Crippen molar-refractivity contribution in [2.45, 2.75) is 19.4 Å². The number of methoxy groups -OCH3 is 1. The van der Waals surface area contributed by atoms with Gasteiger partial charge in [-0.15, -0.1) is 0 Å². The highest BCUT2D eigenvalue weighted by atomic mass is 19.1. The second-order valence-corrected chi connectivity index (χ2v) is 6.37. The number of halogens is 1. The summed E-state index contributed by atoms with van der Waals surface area (Å²) in [6.45, 7) is 1.94. The first kappa shape index (κ1) is 16.5. The summed E-state index contributed by atoms with van der Waals surface area (Å²) < 4.78 is 21.1. The monoisotopic (exact) mass is 354 g/mol. The van der Waals surface area contributed by atoms with E-state index >= 15 is 0 Å². The fourth-order valence-corrected chi connectivity index (χ4v) is 3.32. The van der Waals surface area contributed by atoms with Crippen LogP contribution in [0.3, 0.4) is 0 Å². The second kappa shape index (κ2) is 6.74. The molecule has 1 aromatic carbocycles. The summed E-state index contributed by atoms with van der Waals surface area (Å²) in [6, 6.07) is 7.05. The molecule has 0 unspecified atom stereocenters. The van der Waals surface area contributed by atoms with Gasteiger partial charge in [0.05, 0.1) is 30.7 Å². The van der Waals surface area contributed by atoms with Crippen LogP contribution in [0.5, 0.6) is 5.88 Å². The van der Waals surface area contributed by atoms with Gasteiger partial charge in [-0.3, -0.25) is 4.79 Å². The van der Waals surface area contributed by atoms with Crippen LogP contribution in [0, 0.1) is 5.82 Å². The second-order valence-electron chi connectivity index (χ2n) is 6.37. The molecule has 0 aliphatic carbocycles. The van der Waals surface area contributed by atoms with Gasteiger partial charge in [0.2, 0.25) is 11.8 Å². The van der Waals surface area contributed by atoms with Gasteiger partial charge in [-0.1, -0.05) is 6.07 Å². The lowest BCUT2D eigenvalue weighted by Crippen LogP contribution is -2.30. The molecule has 0 spiro atoms. The fourth-order valence-electron chi connectivity index (χ4n) is 3.32. The summed E-state index contributed by atoms with van der Waals surface area (Å²) in [5.41, 5.74) is 2.66. The van der Waals surface area contributed by atoms with Crippen LogP contribution in [0.1, 0.15) is 12.8 Å². The van der Waals surface area contributed by atoms with E-state index in [4.69, 9.17) is 4.74 Å². The number of nitrogens with zero attached hydrogens (tertiary/aromatic N) is 4.